The Balaban J connectivity index is 1.45. The molecule has 1 aliphatic heterocycles. The van der Waals surface area contributed by atoms with Gasteiger partial charge in [0.1, 0.15) is 11.6 Å². The van der Waals surface area contributed by atoms with Crippen molar-refractivity contribution in [3.05, 3.63) is 46.8 Å². The van der Waals surface area contributed by atoms with Crippen LogP contribution in [-0.2, 0) is 11.0 Å². The lowest BCUT2D eigenvalue weighted by atomic mass is 9.89. The lowest BCUT2D eigenvalue weighted by molar-refractivity contribution is -0.137. The van der Waals surface area contributed by atoms with Crippen molar-refractivity contribution in [2.24, 2.45) is 5.92 Å². The number of rotatable bonds is 6. The van der Waals surface area contributed by atoms with Crippen LogP contribution in [0.3, 0.4) is 0 Å². The van der Waals surface area contributed by atoms with E-state index < -0.39 is 17.8 Å². The number of amides is 1. The fraction of sp³-hybridized carbons (Fsp3) is 0.481. The van der Waals surface area contributed by atoms with Gasteiger partial charge in [-0.25, -0.2) is 9.97 Å². The van der Waals surface area contributed by atoms with E-state index in [2.05, 4.69) is 20.3 Å². The van der Waals surface area contributed by atoms with Gasteiger partial charge in [0.15, 0.2) is 5.65 Å². The lowest BCUT2D eigenvalue weighted by Gasteiger charge is -2.32. The van der Waals surface area contributed by atoms with Crippen LogP contribution in [0.25, 0.3) is 11.0 Å². The average Bonchev–Trinajstić information content (AvgIpc) is 3.72. The molecule has 3 aromatic rings. The summed E-state index contributed by atoms with van der Waals surface area (Å²) in [6.45, 7) is 4.85. The van der Waals surface area contributed by atoms with Crippen molar-refractivity contribution in [1.82, 2.24) is 19.9 Å². The van der Waals surface area contributed by atoms with E-state index in [1.807, 2.05) is 11.0 Å². The molecule has 5 rings (SSSR count). The molecule has 3 heterocycles. The molecule has 1 saturated heterocycles. The zero-order valence-corrected chi connectivity index (χ0v) is 21.6. The van der Waals surface area contributed by atoms with Gasteiger partial charge < -0.3 is 20.7 Å². The number of ether oxygens (including phenoxy) is 1. The van der Waals surface area contributed by atoms with Gasteiger partial charge in [-0.3, -0.25) is 4.79 Å². The first-order chi connectivity index (χ1) is 18.0. The van der Waals surface area contributed by atoms with E-state index in [1.54, 1.807) is 21.0 Å². The highest BCUT2D eigenvalue weighted by Crippen LogP contribution is 2.39. The zero-order chi connectivity index (χ0) is 27.2. The Morgan fingerprint density at radius 1 is 1.11 bits per heavy atom. The molecule has 0 radical (unpaired) electrons. The van der Waals surface area contributed by atoms with Gasteiger partial charge in [0.25, 0.3) is 0 Å². The predicted molar refractivity (Wildman–Crippen MR) is 138 cm³/mol. The van der Waals surface area contributed by atoms with Gasteiger partial charge in [0, 0.05) is 30.3 Å². The molecule has 1 aliphatic carbocycles. The monoisotopic (exact) mass is 528 g/mol. The van der Waals surface area contributed by atoms with Crippen molar-refractivity contribution in [2.45, 2.75) is 57.7 Å². The van der Waals surface area contributed by atoms with Gasteiger partial charge in [-0.15, -0.1) is 0 Å². The largest absolute Gasteiger partial charge is 0.481 e. The number of aromatic nitrogens is 3. The maximum atomic E-state index is 13.4. The third-order valence-corrected chi connectivity index (χ3v) is 7.32. The molecule has 38 heavy (non-hydrogen) atoms. The van der Waals surface area contributed by atoms with Gasteiger partial charge in [-0.1, -0.05) is 0 Å². The number of halogens is 3. The molecule has 8 nitrogen and oxygen atoms in total. The summed E-state index contributed by atoms with van der Waals surface area (Å²) in [7, 11) is 1.57. The highest BCUT2D eigenvalue weighted by Gasteiger charge is 2.36. The molecule has 3 N–H and O–H groups in total. The van der Waals surface area contributed by atoms with E-state index in [0.29, 0.717) is 47.2 Å². The molecule has 1 atom stereocenters. The molecule has 0 spiro atoms. The number of fused-ring (bicyclic) bond motifs is 1. The summed E-state index contributed by atoms with van der Waals surface area (Å²) in [5, 5.41) is 3.90. The van der Waals surface area contributed by atoms with Gasteiger partial charge in [-0.2, -0.15) is 18.2 Å². The maximum absolute atomic E-state index is 13.4. The molecule has 2 aromatic heterocycles. The Labute approximate surface area is 218 Å². The van der Waals surface area contributed by atoms with Crippen LogP contribution in [0.2, 0.25) is 0 Å². The summed E-state index contributed by atoms with van der Waals surface area (Å²) in [5.41, 5.74) is 6.74. The molecular weight excluding hydrogens is 497 g/mol. The van der Waals surface area contributed by atoms with Crippen LogP contribution in [-0.4, -0.2) is 46.0 Å². The maximum Gasteiger partial charge on any atom is 0.416 e. The van der Waals surface area contributed by atoms with Crippen LogP contribution in [0.1, 0.15) is 67.1 Å². The third kappa shape index (κ3) is 5.32. The summed E-state index contributed by atoms with van der Waals surface area (Å²) < 4.78 is 45.7. The Kier molecular flexibility index (Phi) is 6.79. The summed E-state index contributed by atoms with van der Waals surface area (Å²) in [5.74, 6) is 2.00. The number of piperidine rings is 1. The number of nitrogens with one attached hydrogen (secondary N) is 1. The lowest BCUT2D eigenvalue weighted by Crippen LogP contribution is -2.38. The van der Waals surface area contributed by atoms with Crippen molar-refractivity contribution in [2.75, 3.05) is 31.2 Å². The molecule has 1 amide bonds. The third-order valence-electron chi connectivity index (χ3n) is 7.32. The second-order valence-corrected chi connectivity index (χ2v) is 10.2. The quantitative estimate of drug-likeness (QED) is 0.422. The molecule has 11 heteroatoms. The predicted octanol–water partition coefficient (Wildman–Crippen LogP) is 5.23. The Morgan fingerprint density at radius 3 is 2.45 bits per heavy atom. The van der Waals surface area contributed by atoms with Crippen molar-refractivity contribution >= 4 is 28.4 Å². The number of pyridine rings is 1. The number of carbonyl (C=O) groups is 1. The number of alkyl halides is 3. The topological polar surface area (TPSA) is 106 Å². The minimum absolute atomic E-state index is 0.0346. The number of nitrogens with two attached hydrogens (primary N) is 1. The number of likely N-dealkylation sites (tertiary alicyclic amines) is 1. The zero-order valence-electron chi connectivity index (χ0n) is 21.6. The van der Waals surface area contributed by atoms with Crippen LogP contribution in [0.5, 0.6) is 5.88 Å². The van der Waals surface area contributed by atoms with Crippen LogP contribution in [0, 0.1) is 12.8 Å². The Morgan fingerprint density at radius 2 is 1.82 bits per heavy atom. The van der Waals surface area contributed by atoms with E-state index in [4.69, 9.17) is 10.5 Å². The van der Waals surface area contributed by atoms with Gasteiger partial charge in [-0.05, 0) is 75.3 Å². The molecule has 2 fully saturated rings. The molecule has 1 saturated carbocycles. The van der Waals surface area contributed by atoms with E-state index in [-0.39, 0.29) is 23.4 Å². The SMILES string of the molecule is COc1nc2nc(C)nc(N[C@H](C)c3cc(N)cc(C(F)(F)F)c3)c2cc1C1CCN(C(=O)C2CC2)CC1. The fourth-order valence-electron chi connectivity index (χ4n) is 5.11. The molecule has 202 valence electrons. The second kappa shape index (κ2) is 9.92. The molecule has 2 aliphatic rings. The molecule has 1 aromatic carbocycles. The van der Waals surface area contributed by atoms with Gasteiger partial charge >= 0.3 is 6.18 Å². The number of anilines is 2. The average molecular weight is 529 g/mol. The minimum Gasteiger partial charge on any atom is -0.481 e. The number of nitrogens with zero attached hydrogens (tertiary/aromatic N) is 4. The highest BCUT2D eigenvalue weighted by atomic mass is 19.4. The normalized spacial score (nSPS) is 17.5. The van der Waals surface area contributed by atoms with Crippen LogP contribution in [0.4, 0.5) is 24.7 Å². The van der Waals surface area contributed by atoms with Crippen LogP contribution >= 0.6 is 0 Å². The number of methoxy groups -OCH3 is 1. The minimum atomic E-state index is -4.50. The van der Waals surface area contributed by atoms with Crippen LogP contribution < -0.4 is 15.8 Å². The first kappa shape index (κ1) is 26.0. The number of aryl methyl sites for hydroxylation is 1. The Hall–Kier alpha value is -3.63. The number of hydrogen-bond acceptors (Lipinski definition) is 7. The summed E-state index contributed by atoms with van der Waals surface area (Å²) in [6.07, 6.45) is -0.950. The number of carbonyl (C=O) groups excluding carboxylic acids is 1. The van der Waals surface area contributed by atoms with E-state index in [0.717, 1.165) is 43.4 Å². The number of nitrogen functional groups attached to an aromatic ring is 1. The standard InChI is InChI=1S/C27H31F3N6O2/c1-14(18-10-19(27(28,29)30)12-20(31)11-18)32-23-22-13-21(25(38-3)35-24(22)34-15(2)33-23)16-6-8-36(9-7-16)26(37)17-4-5-17/h10-14,16-17H,4-9,31H2,1-3H3,(H,32,33,34,35)/t14-/m1/s1. The molecular formula is C27H31F3N6O2. The number of benzene rings is 1. The van der Waals surface area contributed by atoms with E-state index in [1.165, 1.54) is 6.07 Å². The second-order valence-electron chi connectivity index (χ2n) is 10.2. The van der Waals surface area contributed by atoms with Crippen molar-refractivity contribution < 1.29 is 22.7 Å². The Bertz CT molecular complexity index is 1370. The first-order valence-electron chi connectivity index (χ1n) is 12.8. The van der Waals surface area contributed by atoms with Crippen molar-refractivity contribution in [3.63, 3.8) is 0 Å². The summed E-state index contributed by atoms with van der Waals surface area (Å²) >= 11 is 0. The van der Waals surface area contributed by atoms with Gasteiger partial charge in [0.05, 0.1) is 24.1 Å². The number of hydrogen-bond donors (Lipinski definition) is 2. The smallest absolute Gasteiger partial charge is 0.416 e. The fourth-order valence-corrected chi connectivity index (χ4v) is 5.11. The van der Waals surface area contributed by atoms with E-state index >= 15 is 0 Å². The molecule has 0 bridgehead atoms. The summed E-state index contributed by atoms with van der Waals surface area (Å²) in [6, 6.07) is 4.96. The summed E-state index contributed by atoms with van der Waals surface area (Å²) in [4.78, 5) is 28.1. The van der Waals surface area contributed by atoms with Gasteiger partial charge in [0.2, 0.25) is 11.8 Å². The van der Waals surface area contributed by atoms with Crippen molar-refractivity contribution in [3.8, 4) is 5.88 Å². The molecule has 0 unspecified atom stereocenters. The van der Waals surface area contributed by atoms with Crippen molar-refractivity contribution in [1.29, 1.82) is 0 Å². The highest BCUT2D eigenvalue weighted by molar-refractivity contribution is 5.88. The van der Waals surface area contributed by atoms with Crippen LogP contribution in [0.15, 0.2) is 24.3 Å². The first-order valence-corrected chi connectivity index (χ1v) is 12.8. The van der Waals surface area contributed by atoms with E-state index in [9.17, 15) is 18.0 Å².